The zero-order valence-corrected chi connectivity index (χ0v) is 11.0. The van der Waals surface area contributed by atoms with Crippen molar-refractivity contribution in [1.29, 1.82) is 0 Å². The lowest BCUT2D eigenvalue weighted by molar-refractivity contribution is -0.124. The van der Waals surface area contributed by atoms with Gasteiger partial charge in [-0.25, -0.2) is 8.78 Å². The van der Waals surface area contributed by atoms with Crippen molar-refractivity contribution in [3.05, 3.63) is 29.3 Å². The Bertz CT molecular complexity index is 450. The first kappa shape index (κ1) is 15.4. The van der Waals surface area contributed by atoms with Crippen molar-refractivity contribution in [2.75, 3.05) is 19.7 Å². The number of nitrogens with two attached hydrogens (primary N) is 1. The minimum absolute atomic E-state index is 0.301. The highest BCUT2D eigenvalue weighted by atomic mass is 19.3. The smallest absolute Gasteiger partial charge is 0.277 e. The molecular weight excluding hydrogens is 254 g/mol. The van der Waals surface area contributed by atoms with E-state index in [0.29, 0.717) is 5.75 Å². The minimum Gasteiger partial charge on any atom is -0.484 e. The van der Waals surface area contributed by atoms with Crippen molar-refractivity contribution in [2.45, 2.75) is 19.8 Å². The van der Waals surface area contributed by atoms with Crippen LogP contribution in [0.1, 0.15) is 11.1 Å². The molecule has 0 aliphatic carbocycles. The minimum atomic E-state index is -3.09. The van der Waals surface area contributed by atoms with E-state index in [9.17, 15) is 13.6 Å². The van der Waals surface area contributed by atoms with Gasteiger partial charge >= 0.3 is 0 Å². The van der Waals surface area contributed by atoms with Gasteiger partial charge in [-0.2, -0.15) is 0 Å². The van der Waals surface area contributed by atoms with Gasteiger partial charge in [-0.05, 0) is 25.5 Å². The number of benzene rings is 1. The molecule has 106 valence electrons. The van der Waals surface area contributed by atoms with Gasteiger partial charge < -0.3 is 15.8 Å². The number of ether oxygens (including phenoxy) is 1. The van der Waals surface area contributed by atoms with E-state index >= 15 is 0 Å². The third-order valence-electron chi connectivity index (χ3n) is 2.53. The lowest BCUT2D eigenvalue weighted by Gasteiger charge is -2.15. The summed E-state index contributed by atoms with van der Waals surface area (Å²) in [4.78, 5) is 11.3. The maximum absolute atomic E-state index is 12.8. The van der Waals surface area contributed by atoms with E-state index in [1.54, 1.807) is 6.07 Å². The lowest BCUT2D eigenvalue weighted by Crippen LogP contribution is -2.43. The molecule has 0 aliphatic heterocycles. The van der Waals surface area contributed by atoms with Gasteiger partial charge in [-0.3, -0.25) is 4.79 Å². The molecule has 6 heteroatoms. The van der Waals surface area contributed by atoms with Crippen molar-refractivity contribution >= 4 is 5.91 Å². The van der Waals surface area contributed by atoms with Crippen molar-refractivity contribution in [2.24, 2.45) is 5.73 Å². The number of amides is 1. The predicted octanol–water partition coefficient (Wildman–Crippen LogP) is 1.39. The van der Waals surface area contributed by atoms with E-state index in [-0.39, 0.29) is 6.61 Å². The fourth-order valence-electron chi connectivity index (χ4n) is 1.46. The molecule has 0 aliphatic rings. The largest absolute Gasteiger partial charge is 0.484 e. The second-order valence-electron chi connectivity index (χ2n) is 4.39. The molecule has 0 heterocycles. The van der Waals surface area contributed by atoms with Crippen molar-refractivity contribution in [3.8, 4) is 5.75 Å². The van der Waals surface area contributed by atoms with Crippen LogP contribution in [0.3, 0.4) is 0 Å². The monoisotopic (exact) mass is 272 g/mol. The van der Waals surface area contributed by atoms with Crippen LogP contribution in [0.15, 0.2) is 18.2 Å². The Morgan fingerprint density at radius 2 is 2.11 bits per heavy atom. The molecule has 0 atom stereocenters. The third kappa shape index (κ3) is 5.21. The van der Waals surface area contributed by atoms with Gasteiger partial charge in [-0.1, -0.05) is 17.7 Å². The van der Waals surface area contributed by atoms with Gasteiger partial charge in [0.1, 0.15) is 5.75 Å². The molecule has 3 N–H and O–H groups in total. The van der Waals surface area contributed by atoms with Gasteiger partial charge in [0.05, 0.1) is 13.1 Å². The molecule has 1 rings (SSSR count). The topological polar surface area (TPSA) is 64.3 Å². The molecule has 0 bridgehead atoms. The fourth-order valence-corrected chi connectivity index (χ4v) is 1.46. The average molecular weight is 272 g/mol. The fraction of sp³-hybridized carbons (Fsp3) is 0.462. The number of carbonyl (C=O) groups is 1. The summed E-state index contributed by atoms with van der Waals surface area (Å²) in [5.41, 5.74) is 6.83. The van der Waals surface area contributed by atoms with Crippen LogP contribution in [0.2, 0.25) is 0 Å². The first-order chi connectivity index (χ1) is 8.84. The van der Waals surface area contributed by atoms with E-state index in [1.165, 1.54) is 0 Å². The molecule has 0 fully saturated rings. The van der Waals surface area contributed by atoms with Crippen LogP contribution in [0.4, 0.5) is 8.78 Å². The quantitative estimate of drug-likeness (QED) is 0.822. The standard InChI is InChI=1S/C13H18F2N2O2/c1-9-3-4-11(10(2)5-9)19-6-12(18)17-8-13(14,15)7-16/h3-5H,6-8,16H2,1-2H3,(H,17,18). The van der Waals surface area contributed by atoms with Crippen LogP contribution in [0.25, 0.3) is 0 Å². The van der Waals surface area contributed by atoms with Gasteiger partial charge in [-0.15, -0.1) is 0 Å². The Kier molecular flexibility index (Phi) is 5.23. The van der Waals surface area contributed by atoms with Crippen LogP contribution in [-0.2, 0) is 4.79 Å². The highest BCUT2D eigenvalue weighted by Crippen LogP contribution is 2.18. The maximum atomic E-state index is 12.8. The number of aryl methyl sites for hydroxylation is 2. The van der Waals surface area contributed by atoms with E-state index in [4.69, 9.17) is 10.5 Å². The zero-order chi connectivity index (χ0) is 14.5. The van der Waals surface area contributed by atoms with Crippen molar-refractivity contribution < 1.29 is 18.3 Å². The molecule has 19 heavy (non-hydrogen) atoms. The molecule has 0 radical (unpaired) electrons. The van der Waals surface area contributed by atoms with E-state index in [2.05, 4.69) is 5.32 Å². The summed E-state index contributed by atoms with van der Waals surface area (Å²) in [5.74, 6) is -3.13. The SMILES string of the molecule is Cc1ccc(OCC(=O)NCC(F)(F)CN)c(C)c1. The number of halogens is 2. The molecule has 0 spiro atoms. The molecule has 0 unspecified atom stereocenters. The van der Waals surface area contributed by atoms with E-state index in [1.807, 2.05) is 26.0 Å². The Balaban J connectivity index is 2.42. The second kappa shape index (κ2) is 6.47. The van der Waals surface area contributed by atoms with Gasteiger partial charge in [0, 0.05) is 0 Å². The van der Waals surface area contributed by atoms with Crippen molar-refractivity contribution in [3.63, 3.8) is 0 Å². The average Bonchev–Trinajstić information content (AvgIpc) is 2.35. The first-order valence-electron chi connectivity index (χ1n) is 5.89. The Morgan fingerprint density at radius 1 is 1.42 bits per heavy atom. The lowest BCUT2D eigenvalue weighted by atomic mass is 10.1. The van der Waals surface area contributed by atoms with Gasteiger partial charge in [0.15, 0.2) is 6.61 Å². The molecule has 1 aromatic carbocycles. The summed E-state index contributed by atoms with van der Waals surface area (Å²) in [7, 11) is 0. The first-order valence-corrected chi connectivity index (χ1v) is 5.89. The summed E-state index contributed by atoms with van der Waals surface area (Å²) in [5, 5.41) is 2.08. The number of carbonyl (C=O) groups excluding carboxylic acids is 1. The molecule has 1 aromatic rings. The molecule has 0 saturated heterocycles. The Hall–Kier alpha value is -1.69. The van der Waals surface area contributed by atoms with Crippen molar-refractivity contribution in [1.82, 2.24) is 5.32 Å². The van der Waals surface area contributed by atoms with Crippen LogP contribution in [-0.4, -0.2) is 31.5 Å². The summed E-state index contributed by atoms with van der Waals surface area (Å²) in [6, 6.07) is 5.51. The normalized spacial score (nSPS) is 11.2. The summed E-state index contributed by atoms with van der Waals surface area (Å²) in [6.45, 7) is 1.91. The predicted molar refractivity (Wildman–Crippen MR) is 68.4 cm³/mol. The number of hydrogen-bond donors (Lipinski definition) is 2. The highest BCUT2D eigenvalue weighted by molar-refractivity contribution is 5.77. The molecule has 0 saturated carbocycles. The maximum Gasteiger partial charge on any atom is 0.277 e. The number of alkyl halides is 2. The summed E-state index contributed by atoms with van der Waals surface area (Å²) < 4.78 is 30.9. The summed E-state index contributed by atoms with van der Waals surface area (Å²) >= 11 is 0. The molecular formula is C13H18F2N2O2. The molecule has 0 aromatic heterocycles. The number of rotatable bonds is 6. The van der Waals surface area contributed by atoms with Crippen LogP contribution >= 0.6 is 0 Å². The highest BCUT2D eigenvalue weighted by Gasteiger charge is 2.27. The Morgan fingerprint density at radius 3 is 2.68 bits per heavy atom. The van der Waals surface area contributed by atoms with E-state index < -0.39 is 24.9 Å². The number of nitrogens with one attached hydrogen (secondary N) is 1. The molecule has 4 nitrogen and oxygen atoms in total. The van der Waals surface area contributed by atoms with E-state index in [0.717, 1.165) is 11.1 Å². The molecule has 1 amide bonds. The Labute approximate surface area is 110 Å². The summed E-state index contributed by atoms with van der Waals surface area (Å²) in [6.07, 6.45) is 0. The zero-order valence-electron chi connectivity index (χ0n) is 11.0. The number of hydrogen-bond acceptors (Lipinski definition) is 3. The van der Waals surface area contributed by atoms with Crippen LogP contribution in [0.5, 0.6) is 5.75 Å². The van der Waals surface area contributed by atoms with Crippen LogP contribution in [0, 0.1) is 13.8 Å². The third-order valence-corrected chi connectivity index (χ3v) is 2.53. The van der Waals surface area contributed by atoms with Gasteiger partial charge in [0.25, 0.3) is 11.8 Å². The van der Waals surface area contributed by atoms with Crippen LogP contribution < -0.4 is 15.8 Å². The van der Waals surface area contributed by atoms with Gasteiger partial charge in [0.2, 0.25) is 0 Å². The second-order valence-corrected chi connectivity index (χ2v) is 4.39.